The molecule has 0 radical (unpaired) electrons. The number of hydrogen-bond donors (Lipinski definition) is 1. The Balaban J connectivity index is 3.27. The normalized spacial score (nSPS) is 13.6. The van der Waals surface area contributed by atoms with Crippen LogP contribution in [0.3, 0.4) is 0 Å². The molecule has 0 spiro atoms. The van der Waals surface area contributed by atoms with Gasteiger partial charge in [0.15, 0.2) is 0 Å². The number of rotatable bonds is 8. The highest BCUT2D eigenvalue weighted by Crippen LogP contribution is 2.03. The zero-order valence-corrected chi connectivity index (χ0v) is 9.99. The van der Waals surface area contributed by atoms with Crippen molar-refractivity contribution in [2.75, 3.05) is 52.9 Å². The molecule has 1 N–H and O–H groups in total. The van der Waals surface area contributed by atoms with Crippen LogP contribution in [0.2, 0.25) is 0 Å². The Morgan fingerprint density at radius 1 is 1.46 bits per heavy atom. The number of methoxy groups -OCH3 is 1. The zero-order chi connectivity index (χ0) is 10.1. The molecule has 0 fully saturated rings. The molecule has 0 heterocycles. The van der Waals surface area contributed by atoms with E-state index in [9.17, 15) is 0 Å². The van der Waals surface area contributed by atoms with Crippen molar-refractivity contribution in [3.05, 3.63) is 0 Å². The van der Waals surface area contributed by atoms with Crippen molar-refractivity contribution in [3.8, 4) is 0 Å². The number of ether oxygens (including phenoxy) is 1. The van der Waals surface area contributed by atoms with Crippen molar-refractivity contribution >= 4 is 11.8 Å². The van der Waals surface area contributed by atoms with Gasteiger partial charge >= 0.3 is 0 Å². The van der Waals surface area contributed by atoms with Crippen molar-refractivity contribution in [1.29, 1.82) is 0 Å². The molecular weight excluding hydrogens is 184 g/mol. The molecule has 3 nitrogen and oxygen atoms in total. The Labute approximate surface area is 86.2 Å². The summed E-state index contributed by atoms with van der Waals surface area (Å²) in [4.78, 5) is 2.21. The molecule has 0 rings (SSSR count). The third-order valence-electron chi connectivity index (χ3n) is 1.78. The van der Waals surface area contributed by atoms with E-state index in [4.69, 9.17) is 4.74 Å². The summed E-state index contributed by atoms with van der Waals surface area (Å²) < 4.78 is 5.09. The summed E-state index contributed by atoms with van der Waals surface area (Å²) in [5.41, 5.74) is 0. The van der Waals surface area contributed by atoms with E-state index in [1.807, 2.05) is 18.8 Å². The number of nitrogens with zero attached hydrogens (tertiary/aromatic N) is 1. The molecule has 0 aromatic carbocycles. The molecule has 0 aromatic rings. The number of thioether (sulfide) groups is 1. The van der Waals surface area contributed by atoms with Crippen molar-refractivity contribution in [3.63, 3.8) is 0 Å². The van der Waals surface area contributed by atoms with Crippen LogP contribution in [0, 0.1) is 0 Å². The quantitative estimate of drug-likeness (QED) is 0.585. The van der Waals surface area contributed by atoms with Crippen LogP contribution in [0.5, 0.6) is 0 Å². The number of nitrogens with one attached hydrogen (secondary N) is 1. The van der Waals surface area contributed by atoms with Gasteiger partial charge in [-0.2, -0.15) is 11.8 Å². The molecule has 0 aromatic heterocycles. The maximum absolute atomic E-state index is 5.09. The maximum atomic E-state index is 5.09. The number of hydrogen-bond acceptors (Lipinski definition) is 4. The second kappa shape index (κ2) is 8.81. The summed E-state index contributed by atoms with van der Waals surface area (Å²) in [5, 5.41) is 3.23. The van der Waals surface area contributed by atoms with Gasteiger partial charge in [-0.1, -0.05) is 0 Å². The second-order valence-electron chi connectivity index (χ2n) is 3.32. The van der Waals surface area contributed by atoms with Gasteiger partial charge in [-0.15, -0.1) is 0 Å². The predicted molar refractivity (Wildman–Crippen MR) is 60.6 cm³/mol. The molecule has 1 atom stereocenters. The Morgan fingerprint density at radius 2 is 2.15 bits per heavy atom. The Hall–Kier alpha value is 0.230. The van der Waals surface area contributed by atoms with Gasteiger partial charge in [0.25, 0.3) is 0 Å². The third-order valence-corrected chi connectivity index (χ3v) is 2.89. The van der Waals surface area contributed by atoms with Crippen LogP contribution in [0.15, 0.2) is 0 Å². The van der Waals surface area contributed by atoms with E-state index in [0.29, 0.717) is 6.04 Å². The standard InChI is InChI=1S/C9H22N2OS/c1-10-9(7-12-4)8-13-6-5-11(2)3/h9-10H,5-8H2,1-4H3. The average Bonchev–Trinajstić information content (AvgIpc) is 2.10. The van der Waals surface area contributed by atoms with Crippen LogP contribution in [0.4, 0.5) is 0 Å². The molecule has 0 aliphatic heterocycles. The van der Waals surface area contributed by atoms with Crippen molar-refractivity contribution in [2.24, 2.45) is 0 Å². The minimum Gasteiger partial charge on any atom is -0.383 e. The Bertz CT molecular complexity index is 112. The van der Waals surface area contributed by atoms with Crippen LogP contribution in [0.25, 0.3) is 0 Å². The van der Waals surface area contributed by atoms with Gasteiger partial charge in [-0.25, -0.2) is 0 Å². The van der Waals surface area contributed by atoms with Crippen LogP contribution in [-0.2, 0) is 4.74 Å². The van der Waals surface area contributed by atoms with E-state index in [2.05, 4.69) is 24.3 Å². The van der Waals surface area contributed by atoms with E-state index >= 15 is 0 Å². The topological polar surface area (TPSA) is 24.5 Å². The first-order chi connectivity index (χ1) is 6.20. The first-order valence-electron chi connectivity index (χ1n) is 4.59. The summed E-state index contributed by atoms with van der Waals surface area (Å²) in [6.07, 6.45) is 0. The molecule has 0 aliphatic rings. The van der Waals surface area contributed by atoms with Crippen molar-refractivity contribution in [1.82, 2.24) is 10.2 Å². The fraction of sp³-hybridized carbons (Fsp3) is 1.00. The lowest BCUT2D eigenvalue weighted by Gasteiger charge is -2.15. The summed E-state index contributed by atoms with van der Waals surface area (Å²) in [7, 11) is 7.93. The largest absolute Gasteiger partial charge is 0.383 e. The van der Waals surface area contributed by atoms with Crippen LogP contribution in [0.1, 0.15) is 0 Å². The molecule has 80 valence electrons. The molecule has 0 saturated carbocycles. The molecule has 13 heavy (non-hydrogen) atoms. The number of likely N-dealkylation sites (N-methyl/N-ethyl adjacent to an activating group) is 1. The molecule has 4 heteroatoms. The summed E-state index contributed by atoms with van der Waals surface area (Å²) in [5.74, 6) is 2.31. The summed E-state index contributed by atoms with van der Waals surface area (Å²) in [6, 6.07) is 0.483. The van der Waals surface area contributed by atoms with Gasteiger partial charge in [0.1, 0.15) is 0 Å². The monoisotopic (exact) mass is 206 g/mol. The van der Waals surface area contributed by atoms with Gasteiger partial charge in [0, 0.05) is 31.2 Å². The minimum atomic E-state index is 0.483. The molecule has 1 unspecified atom stereocenters. The highest BCUT2D eigenvalue weighted by molar-refractivity contribution is 7.99. The summed E-state index contributed by atoms with van der Waals surface area (Å²) >= 11 is 1.97. The summed E-state index contributed by atoms with van der Waals surface area (Å²) in [6.45, 7) is 1.94. The smallest absolute Gasteiger partial charge is 0.0623 e. The fourth-order valence-corrected chi connectivity index (χ4v) is 2.10. The first kappa shape index (κ1) is 13.2. The fourth-order valence-electron chi connectivity index (χ4n) is 0.889. The van der Waals surface area contributed by atoms with E-state index in [0.717, 1.165) is 18.9 Å². The van der Waals surface area contributed by atoms with E-state index in [1.165, 1.54) is 5.75 Å². The van der Waals surface area contributed by atoms with Gasteiger partial charge in [-0.05, 0) is 21.1 Å². The Morgan fingerprint density at radius 3 is 2.62 bits per heavy atom. The highest BCUT2D eigenvalue weighted by atomic mass is 32.2. The molecule has 0 bridgehead atoms. The van der Waals surface area contributed by atoms with Gasteiger partial charge in [0.05, 0.1) is 6.61 Å². The van der Waals surface area contributed by atoms with E-state index in [-0.39, 0.29) is 0 Å². The predicted octanol–water partition coefficient (Wildman–Crippen LogP) is 0.516. The van der Waals surface area contributed by atoms with Crippen molar-refractivity contribution < 1.29 is 4.74 Å². The van der Waals surface area contributed by atoms with Gasteiger partial charge < -0.3 is 15.0 Å². The lowest BCUT2D eigenvalue weighted by atomic mass is 10.4. The maximum Gasteiger partial charge on any atom is 0.0623 e. The van der Waals surface area contributed by atoms with Crippen molar-refractivity contribution in [2.45, 2.75) is 6.04 Å². The van der Waals surface area contributed by atoms with Crippen LogP contribution in [-0.4, -0.2) is 63.9 Å². The second-order valence-corrected chi connectivity index (χ2v) is 4.47. The molecule has 0 saturated heterocycles. The van der Waals surface area contributed by atoms with Crippen LogP contribution < -0.4 is 5.32 Å². The lowest BCUT2D eigenvalue weighted by molar-refractivity contribution is 0.177. The van der Waals surface area contributed by atoms with E-state index in [1.54, 1.807) is 7.11 Å². The molecular formula is C9H22N2OS. The highest BCUT2D eigenvalue weighted by Gasteiger charge is 2.04. The van der Waals surface area contributed by atoms with Gasteiger partial charge in [-0.3, -0.25) is 0 Å². The van der Waals surface area contributed by atoms with Crippen LogP contribution >= 0.6 is 11.8 Å². The van der Waals surface area contributed by atoms with Gasteiger partial charge in [0.2, 0.25) is 0 Å². The molecule has 0 amide bonds. The Kier molecular flexibility index (Phi) is 8.97. The average molecular weight is 206 g/mol. The first-order valence-corrected chi connectivity index (χ1v) is 5.74. The minimum absolute atomic E-state index is 0.483. The SMILES string of the molecule is CNC(COC)CSCCN(C)C. The third kappa shape index (κ3) is 8.56. The molecule has 0 aliphatic carbocycles. The van der Waals surface area contributed by atoms with E-state index < -0.39 is 0 Å². The lowest BCUT2D eigenvalue weighted by Crippen LogP contribution is -2.32. The zero-order valence-electron chi connectivity index (χ0n) is 9.17.